The SMILES string of the molecule is NNc1ncc(Br)cc1S(=O)(=O)NCCCCC(N)=O. The molecule has 0 bridgehead atoms. The van der Waals surface area contributed by atoms with Crippen LogP contribution >= 0.6 is 15.9 Å². The van der Waals surface area contributed by atoms with E-state index in [1.165, 1.54) is 12.3 Å². The van der Waals surface area contributed by atoms with Crippen molar-refractivity contribution in [3.63, 3.8) is 0 Å². The maximum atomic E-state index is 12.1. The smallest absolute Gasteiger partial charge is 0.244 e. The number of nitrogen functional groups attached to an aromatic ring is 1. The summed E-state index contributed by atoms with van der Waals surface area (Å²) in [5.41, 5.74) is 7.23. The molecule has 1 rings (SSSR count). The van der Waals surface area contributed by atoms with Gasteiger partial charge in [-0.15, -0.1) is 0 Å². The van der Waals surface area contributed by atoms with Crippen LogP contribution in [-0.2, 0) is 14.8 Å². The number of pyridine rings is 1. The standard InChI is InChI=1S/C10H16BrN5O3S/c11-7-5-8(10(16-13)14-6-7)20(18,19)15-4-2-1-3-9(12)17/h5-6,15H,1-4,13H2,(H2,12,17)(H,14,16). The summed E-state index contributed by atoms with van der Waals surface area (Å²) < 4.78 is 27.1. The number of nitrogens with two attached hydrogens (primary N) is 2. The molecular formula is C10H16BrN5O3S. The molecule has 1 aromatic rings. The summed E-state index contributed by atoms with van der Waals surface area (Å²) in [6, 6.07) is 1.40. The number of unbranched alkanes of at least 4 members (excludes halogenated alkanes) is 1. The number of hydrogen-bond acceptors (Lipinski definition) is 6. The van der Waals surface area contributed by atoms with Crippen molar-refractivity contribution in [1.82, 2.24) is 9.71 Å². The van der Waals surface area contributed by atoms with Crippen molar-refractivity contribution in [2.24, 2.45) is 11.6 Å². The molecule has 1 aromatic heterocycles. The molecule has 0 aromatic carbocycles. The van der Waals surface area contributed by atoms with E-state index < -0.39 is 15.9 Å². The second kappa shape index (κ2) is 7.53. The highest BCUT2D eigenvalue weighted by Crippen LogP contribution is 2.21. The third kappa shape index (κ3) is 5.04. The average molecular weight is 366 g/mol. The topological polar surface area (TPSA) is 140 Å². The lowest BCUT2D eigenvalue weighted by molar-refractivity contribution is -0.118. The summed E-state index contributed by atoms with van der Waals surface area (Å²) in [5.74, 6) is 4.89. The number of amides is 1. The molecule has 1 amide bonds. The molecule has 10 heteroatoms. The zero-order valence-corrected chi connectivity index (χ0v) is 13.0. The minimum atomic E-state index is -3.73. The highest BCUT2D eigenvalue weighted by atomic mass is 79.9. The third-order valence-corrected chi connectivity index (χ3v) is 4.30. The molecule has 0 saturated heterocycles. The van der Waals surface area contributed by atoms with Gasteiger partial charge in [0.05, 0.1) is 0 Å². The molecule has 0 saturated carbocycles. The average Bonchev–Trinajstić information content (AvgIpc) is 2.37. The van der Waals surface area contributed by atoms with E-state index in [9.17, 15) is 13.2 Å². The van der Waals surface area contributed by atoms with E-state index in [1.807, 2.05) is 0 Å². The summed E-state index contributed by atoms with van der Waals surface area (Å²) in [7, 11) is -3.73. The van der Waals surface area contributed by atoms with Gasteiger partial charge in [0.25, 0.3) is 0 Å². The molecule has 0 unspecified atom stereocenters. The molecule has 20 heavy (non-hydrogen) atoms. The zero-order valence-electron chi connectivity index (χ0n) is 10.6. The van der Waals surface area contributed by atoms with Gasteiger partial charge in [0.2, 0.25) is 15.9 Å². The third-order valence-electron chi connectivity index (χ3n) is 2.39. The quantitative estimate of drug-likeness (QED) is 0.291. The van der Waals surface area contributed by atoms with Crippen LogP contribution in [0.4, 0.5) is 5.82 Å². The lowest BCUT2D eigenvalue weighted by atomic mass is 10.2. The molecule has 0 atom stereocenters. The number of hydrazine groups is 1. The molecule has 0 aliphatic heterocycles. The number of carbonyl (C=O) groups excluding carboxylic acids is 1. The van der Waals surface area contributed by atoms with E-state index in [2.05, 4.69) is 31.1 Å². The van der Waals surface area contributed by atoms with Crippen molar-refractivity contribution in [3.05, 3.63) is 16.7 Å². The van der Waals surface area contributed by atoms with E-state index in [4.69, 9.17) is 11.6 Å². The first-order valence-corrected chi connectivity index (χ1v) is 8.04. The van der Waals surface area contributed by atoms with E-state index >= 15 is 0 Å². The minimum Gasteiger partial charge on any atom is -0.370 e. The number of anilines is 1. The van der Waals surface area contributed by atoms with Gasteiger partial charge >= 0.3 is 0 Å². The lowest BCUT2D eigenvalue weighted by Crippen LogP contribution is -2.27. The van der Waals surface area contributed by atoms with Crippen molar-refractivity contribution in [2.75, 3.05) is 12.0 Å². The largest absolute Gasteiger partial charge is 0.370 e. The normalized spacial score (nSPS) is 11.3. The van der Waals surface area contributed by atoms with Crippen LogP contribution in [-0.4, -0.2) is 25.9 Å². The van der Waals surface area contributed by atoms with E-state index in [1.54, 1.807) is 0 Å². The van der Waals surface area contributed by atoms with Gasteiger partial charge in [-0.05, 0) is 34.8 Å². The van der Waals surface area contributed by atoms with Crippen molar-refractivity contribution < 1.29 is 13.2 Å². The maximum absolute atomic E-state index is 12.1. The molecule has 6 N–H and O–H groups in total. The molecule has 0 aliphatic rings. The summed E-state index contributed by atoms with van der Waals surface area (Å²) in [6.07, 6.45) is 2.70. The highest BCUT2D eigenvalue weighted by Gasteiger charge is 2.19. The van der Waals surface area contributed by atoms with E-state index in [0.29, 0.717) is 17.3 Å². The van der Waals surface area contributed by atoms with Crippen LogP contribution in [0.15, 0.2) is 21.6 Å². The van der Waals surface area contributed by atoms with Crippen molar-refractivity contribution in [1.29, 1.82) is 0 Å². The van der Waals surface area contributed by atoms with Crippen LogP contribution in [0.25, 0.3) is 0 Å². The second-order valence-corrected chi connectivity index (χ2v) is 6.62. The molecule has 0 spiro atoms. The fraction of sp³-hybridized carbons (Fsp3) is 0.400. The number of carbonyl (C=O) groups is 1. The van der Waals surface area contributed by atoms with Crippen LogP contribution in [0, 0.1) is 0 Å². The van der Waals surface area contributed by atoms with E-state index in [0.717, 1.165) is 0 Å². The number of rotatable bonds is 8. The Morgan fingerprint density at radius 1 is 1.40 bits per heavy atom. The molecule has 1 heterocycles. The Morgan fingerprint density at radius 3 is 2.70 bits per heavy atom. The van der Waals surface area contributed by atoms with Crippen LogP contribution in [0.2, 0.25) is 0 Å². The van der Waals surface area contributed by atoms with Crippen molar-refractivity contribution in [2.45, 2.75) is 24.2 Å². The Balaban J connectivity index is 2.69. The molecular weight excluding hydrogens is 350 g/mol. The Labute approximate surface area is 125 Å². The number of nitrogens with one attached hydrogen (secondary N) is 2. The molecule has 0 fully saturated rings. The first-order valence-electron chi connectivity index (χ1n) is 5.77. The fourth-order valence-electron chi connectivity index (χ4n) is 1.44. The van der Waals surface area contributed by atoms with Crippen LogP contribution < -0.4 is 21.7 Å². The van der Waals surface area contributed by atoms with Gasteiger partial charge in [-0.3, -0.25) is 4.79 Å². The number of nitrogens with zero attached hydrogens (tertiary/aromatic N) is 1. The first kappa shape index (κ1) is 16.8. The highest BCUT2D eigenvalue weighted by molar-refractivity contribution is 9.10. The molecule has 0 radical (unpaired) electrons. The Morgan fingerprint density at radius 2 is 2.10 bits per heavy atom. The lowest BCUT2D eigenvalue weighted by Gasteiger charge is -2.10. The minimum absolute atomic E-state index is 0.0516. The van der Waals surface area contributed by atoms with Gasteiger partial charge in [0, 0.05) is 23.6 Å². The summed E-state index contributed by atoms with van der Waals surface area (Å²) in [4.78, 5) is 14.4. The maximum Gasteiger partial charge on any atom is 0.244 e. The molecule has 0 aliphatic carbocycles. The zero-order chi connectivity index (χ0) is 15.2. The van der Waals surface area contributed by atoms with Gasteiger partial charge < -0.3 is 11.2 Å². The monoisotopic (exact) mass is 365 g/mol. The molecule has 112 valence electrons. The van der Waals surface area contributed by atoms with Crippen molar-refractivity contribution >= 4 is 37.7 Å². The predicted octanol–water partition coefficient (Wildman–Crippen LogP) is 0.0636. The number of hydrogen-bond donors (Lipinski definition) is 4. The number of sulfonamides is 1. The summed E-state index contributed by atoms with van der Waals surface area (Å²) in [6.45, 7) is 0.201. The van der Waals surface area contributed by atoms with Crippen LogP contribution in [0.5, 0.6) is 0 Å². The van der Waals surface area contributed by atoms with Crippen LogP contribution in [0.3, 0.4) is 0 Å². The van der Waals surface area contributed by atoms with Crippen LogP contribution in [0.1, 0.15) is 19.3 Å². The number of primary amides is 1. The Kier molecular flexibility index (Phi) is 6.33. The predicted molar refractivity (Wildman–Crippen MR) is 78.0 cm³/mol. The Hall–Kier alpha value is -1.23. The number of aromatic nitrogens is 1. The van der Waals surface area contributed by atoms with Gasteiger partial charge in [0.15, 0.2) is 5.82 Å². The second-order valence-electron chi connectivity index (χ2n) is 3.97. The summed E-state index contributed by atoms with van der Waals surface area (Å²) >= 11 is 3.15. The molecule has 8 nitrogen and oxygen atoms in total. The van der Waals surface area contributed by atoms with Gasteiger partial charge in [0.1, 0.15) is 4.90 Å². The summed E-state index contributed by atoms with van der Waals surface area (Å²) in [5, 5.41) is 0. The Bertz CT molecular complexity index is 578. The first-order chi connectivity index (χ1) is 9.36. The van der Waals surface area contributed by atoms with E-state index in [-0.39, 0.29) is 23.7 Å². The van der Waals surface area contributed by atoms with Crippen molar-refractivity contribution in [3.8, 4) is 0 Å². The number of halogens is 1. The van der Waals surface area contributed by atoms with Gasteiger partial charge in [-0.2, -0.15) is 0 Å². The van der Waals surface area contributed by atoms with Gasteiger partial charge in [-0.1, -0.05) is 0 Å². The fourth-order valence-corrected chi connectivity index (χ4v) is 3.14. The van der Waals surface area contributed by atoms with Gasteiger partial charge in [-0.25, -0.2) is 24.0 Å².